The van der Waals surface area contributed by atoms with Crippen LogP contribution in [0.1, 0.15) is 5.56 Å². The second-order valence-corrected chi connectivity index (χ2v) is 3.91. The minimum Gasteiger partial charge on any atom is -0.384 e. The summed E-state index contributed by atoms with van der Waals surface area (Å²) >= 11 is 0. The Morgan fingerprint density at radius 1 is 1.26 bits per heavy atom. The second kappa shape index (κ2) is 4.60. The molecule has 0 fully saturated rings. The van der Waals surface area contributed by atoms with E-state index in [0.717, 1.165) is 12.1 Å². The maximum atomic E-state index is 14.0. The van der Waals surface area contributed by atoms with Crippen molar-refractivity contribution in [1.82, 2.24) is 4.98 Å². The van der Waals surface area contributed by atoms with E-state index in [4.69, 9.17) is 5.73 Å². The highest BCUT2D eigenvalue weighted by Gasteiger charge is 2.24. The van der Waals surface area contributed by atoms with Crippen molar-refractivity contribution < 1.29 is 13.7 Å². The molecule has 1 heterocycles. The Hall–Kier alpha value is -2.57. The number of benzene rings is 1. The number of hydrogen-bond acceptors (Lipinski definition) is 4. The lowest BCUT2D eigenvalue weighted by Gasteiger charge is -2.07. The number of nitro groups is 1. The van der Waals surface area contributed by atoms with Gasteiger partial charge in [0.15, 0.2) is 5.69 Å². The normalized spacial score (nSPS) is 10.5. The van der Waals surface area contributed by atoms with E-state index in [-0.39, 0.29) is 11.4 Å². The Labute approximate surface area is 106 Å². The molecule has 0 amide bonds. The van der Waals surface area contributed by atoms with Crippen LogP contribution in [-0.2, 0) is 0 Å². The van der Waals surface area contributed by atoms with E-state index >= 15 is 0 Å². The number of pyridine rings is 1. The van der Waals surface area contributed by atoms with Gasteiger partial charge in [-0.3, -0.25) is 10.1 Å². The van der Waals surface area contributed by atoms with Crippen LogP contribution in [0.3, 0.4) is 0 Å². The molecule has 1 aromatic carbocycles. The highest BCUT2D eigenvalue weighted by atomic mass is 19.1. The molecule has 7 heteroatoms. The second-order valence-electron chi connectivity index (χ2n) is 3.91. The number of halogens is 2. The van der Waals surface area contributed by atoms with E-state index in [1.54, 1.807) is 0 Å². The van der Waals surface area contributed by atoms with Crippen molar-refractivity contribution in [2.45, 2.75) is 6.92 Å². The standard InChI is InChI=1S/C12H9F2N3O2/c1-6-2-3-7(13)10(11(6)14)12-8(17(18)19)4-5-9(15)16-12/h2-5H,1H3,(H2,15,16). The van der Waals surface area contributed by atoms with Gasteiger partial charge in [-0.1, -0.05) is 6.07 Å². The van der Waals surface area contributed by atoms with E-state index in [2.05, 4.69) is 4.98 Å². The minimum atomic E-state index is -0.927. The van der Waals surface area contributed by atoms with Gasteiger partial charge in [0.25, 0.3) is 5.69 Å². The van der Waals surface area contributed by atoms with E-state index < -0.39 is 33.5 Å². The third kappa shape index (κ3) is 2.22. The Morgan fingerprint density at radius 3 is 2.58 bits per heavy atom. The molecule has 0 aliphatic heterocycles. The van der Waals surface area contributed by atoms with Crippen LogP contribution in [0.4, 0.5) is 20.3 Å². The lowest BCUT2D eigenvalue weighted by Crippen LogP contribution is -2.02. The van der Waals surface area contributed by atoms with E-state index in [1.165, 1.54) is 19.1 Å². The average molecular weight is 265 g/mol. The maximum absolute atomic E-state index is 14.0. The lowest BCUT2D eigenvalue weighted by molar-refractivity contribution is -0.384. The molecule has 0 unspecified atom stereocenters. The molecule has 0 aliphatic rings. The SMILES string of the molecule is Cc1ccc(F)c(-c2nc(N)ccc2[N+](=O)[O-])c1F. The van der Waals surface area contributed by atoms with Crippen LogP contribution in [0.2, 0.25) is 0 Å². The van der Waals surface area contributed by atoms with Gasteiger partial charge in [-0.2, -0.15) is 0 Å². The average Bonchev–Trinajstić information content (AvgIpc) is 2.34. The van der Waals surface area contributed by atoms with Gasteiger partial charge in [-0.05, 0) is 24.6 Å². The van der Waals surface area contributed by atoms with Crippen LogP contribution in [0, 0.1) is 28.7 Å². The van der Waals surface area contributed by atoms with Gasteiger partial charge in [-0.15, -0.1) is 0 Å². The van der Waals surface area contributed by atoms with Crippen molar-refractivity contribution in [2.24, 2.45) is 0 Å². The highest BCUT2D eigenvalue weighted by molar-refractivity contribution is 5.72. The fraction of sp³-hybridized carbons (Fsp3) is 0.0833. The number of aryl methyl sites for hydroxylation is 1. The summed E-state index contributed by atoms with van der Waals surface area (Å²) in [4.78, 5) is 13.8. The number of rotatable bonds is 2. The molecule has 0 saturated heterocycles. The van der Waals surface area contributed by atoms with Crippen molar-refractivity contribution >= 4 is 11.5 Å². The molecule has 0 saturated carbocycles. The Balaban J connectivity index is 2.82. The lowest BCUT2D eigenvalue weighted by atomic mass is 10.0. The Kier molecular flexibility index (Phi) is 3.12. The number of nitrogens with zero attached hydrogens (tertiary/aromatic N) is 2. The predicted octanol–water partition coefficient (Wildman–Crippen LogP) is 2.83. The highest BCUT2D eigenvalue weighted by Crippen LogP contribution is 2.33. The molecule has 2 N–H and O–H groups in total. The van der Waals surface area contributed by atoms with E-state index in [0.29, 0.717) is 0 Å². The monoisotopic (exact) mass is 265 g/mol. The molecule has 0 atom stereocenters. The van der Waals surface area contributed by atoms with Crippen LogP contribution in [0.15, 0.2) is 24.3 Å². The molecular weight excluding hydrogens is 256 g/mol. The molecule has 98 valence electrons. The molecule has 19 heavy (non-hydrogen) atoms. The Morgan fingerprint density at radius 2 is 1.95 bits per heavy atom. The van der Waals surface area contributed by atoms with Crippen LogP contribution >= 0.6 is 0 Å². The maximum Gasteiger partial charge on any atom is 0.295 e. The fourth-order valence-electron chi connectivity index (χ4n) is 1.67. The first kappa shape index (κ1) is 12.9. The number of nitrogens with two attached hydrogens (primary N) is 1. The van der Waals surface area contributed by atoms with Crippen molar-refractivity contribution in [1.29, 1.82) is 0 Å². The molecule has 5 nitrogen and oxygen atoms in total. The van der Waals surface area contributed by atoms with Crippen LogP contribution < -0.4 is 5.73 Å². The summed E-state index contributed by atoms with van der Waals surface area (Å²) in [5.74, 6) is -1.87. The van der Waals surface area contributed by atoms with Gasteiger partial charge < -0.3 is 5.73 Å². The van der Waals surface area contributed by atoms with Gasteiger partial charge in [0, 0.05) is 6.07 Å². The zero-order chi connectivity index (χ0) is 14.2. The Bertz CT molecular complexity index is 674. The van der Waals surface area contributed by atoms with Crippen LogP contribution in [0.5, 0.6) is 0 Å². The first-order valence-electron chi connectivity index (χ1n) is 5.27. The predicted molar refractivity (Wildman–Crippen MR) is 65.4 cm³/mol. The first-order chi connectivity index (χ1) is 8.91. The molecule has 2 aromatic rings. The topological polar surface area (TPSA) is 82.0 Å². The molecule has 0 aliphatic carbocycles. The number of hydrogen-bond donors (Lipinski definition) is 1. The third-order valence-electron chi connectivity index (χ3n) is 2.61. The van der Waals surface area contributed by atoms with Gasteiger partial charge in [-0.25, -0.2) is 13.8 Å². The molecule has 0 spiro atoms. The zero-order valence-corrected chi connectivity index (χ0v) is 9.85. The molecule has 0 radical (unpaired) electrons. The van der Waals surface area contributed by atoms with Crippen molar-refractivity contribution in [3.63, 3.8) is 0 Å². The summed E-state index contributed by atoms with van der Waals surface area (Å²) in [5.41, 5.74) is 4.13. The van der Waals surface area contributed by atoms with Crippen molar-refractivity contribution in [2.75, 3.05) is 5.73 Å². The number of aromatic nitrogens is 1. The molecule has 1 aromatic heterocycles. The molecule has 0 bridgehead atoms. The van der Waals surface area contributed by atoms with Gasteiger partial charge >= 0.3 is 0 Å². The zero-order valence-electron chi connectivity index (χ0n) is 9.85. The van der Waals surface area contributed by atoms with Crippen molar-refractivity contribution in [3.05, 3.63) is 51.6 Å². The minimum absolute atomic E-state index is 0.0547. The summed E-state index contributed by atoms with van der Waals surface area (Å²) < 4.78 is 27.7. The third-order valence-corrected chi connectivity index (χ3v) is 2.61. The summed E-state index contributed by atoms with van der Waals surface area (Å²) in [6.45, 7) is 1.43. The van der Waals surface area contributed by atoms with Gasteiger partial charge in [0.1, 0.15) is 17.5 Å². The van der Waals surface area contributed by atoms with Crippen LogP contribution in [-0.4, -0.2) is 9.91 Å². The summed E-state index contributed by atoms with van der Waals surface area (Å²) in [5, 5.41) is 10.9. The quantitative estimate of drug-likeness (QED) is 0.668. The largest absolute Gasteiger partial charge is 0.384 e. The van der Waals surface area contributed by atoms with E-state index in [9.17, 15) is 18.9 Å². The van der Waals surface area contributed by atoms with Gasteiger partial charge in [0.05, 0.1) is 10.5 Å². The molecule has 2 rings (SSSR count). The van der Waals surface area contributed by atoms with Crippen LogP contribution in [0.25, 0.3) is 11.3 Å². The smallest absolute Gasteiger partial charge is 0.295 e. The number of nitrogen functional groups attached to an aromatic ring is 1. The summed E-state index contributed by atoms with van der Waals surface area (Å²) in [7, 11) is 0. The van der Waals surface area contributed by atoms with Gasteiger partial charge in [0.2, 0.25) is 0 Å². The number of anilines is 1. The molecular formula is C12H9F2N3O2. The van der Waals surface area contributed by atoms with Crippen molar-refractivity contribution in [3.8, 4) is 11.3 Å². The summed E-state index contributed by atoms with van der Waals surface area (Å²) in [6, 6.07) is 4.54. The fourth-order valence-corrected chi connectivity index (χ4v) is 1.67. The van der Waals surface area contributed by atoms with E-state index in [1.807, 2.05) is 0 Å². The summed E-state index contributed by atoms with van der Waals surface area (Å²) in [6.07, 6.45) is 0. The first-order valence-corrected chi connectivity index (χ1v) is 5.27.